The molecule has 0 aromatic carbocycles. The molecule has 0 aliphatic rings. The summed E-state index contributed by atoms with van der Waals surface area (Å²) in [5.74, 6) is 0. The number of nitrogens with zero attached hydrogens (tertiary/aromatic N) is 2. The highest BCUT2D eigenvalue weighted by Gasteiger charge is 2.13. The van der Waals surface area contributed by atoms with Crippen LogP contribution in [-0.2, 0) is 17.8 Å². The summed E-state index contributed by atoms with van der Waals surface area (Å²) in [6, 6.07) is 0. The molecule has 1 aromatic rings. The van der Waals surface area contributed by atoms with Crippen LogP contribution in [0.3, 0.4) is 0 Å². The second-order valence-electron chi connectivity index (χ2n) is 3.09. The molecule has 0 amide bonds. The molecule has 0 unspecified atom stereocenters. The monoisotopic (exact) mass is 202 g/mol. The first-order chi connectivity index (χ1) is 6.56. The Kier molecular flexibility index (Phi) is 3.33. The Morgan fingerprint density at radius 1 is 1.50 bits per heavy atom. The van der Waals surface area contributed by atoms with Crippen LogP contribution in [-0.4, -0.2) is 22.5 Å². The smallest absolute Gasteiger partial charge is 0.257 e. The summed E-state index contributed by atoms with van der Waals surface area (Å²) in [4.78, 5) is 10.3. The molecule has 78 valence electrons. The van der Waals surface area contributed by atoms with Crippen LogP contribution in [0.25, 0.3) is 0 Å². The lowest BCUT2D eigenvalue weighted by molar-refractivity contribution is -0.107. The topological polar surface area (TPSA) is 34.9 Å². The van der Waals surface area contributed by atoms with Crippen LogP contribution in [0.15, 0.2) is 0 Å². The number of aromatic nitrogens is 2. The van der Waals surface area contributed by atoms with Gasteiger partial charge in [-0.05, 0) is 13.8 Å². The van der Waals surface area contributed by atoms with E-state index in [4.69, 9.17) is 0 Å². The minimum atomic E-state index is -2.42. The maximum absolute atomic E-state index is 12.1. The third kappa shape index (κ3) is 2.16. The number of rotatable bonds is 4. The zero-order chi connectivity index (χ0) is 10.7. The van der Waals surface area contributed by atoms with Gasteiger partial charge in [0.1, 0.15) is 12.8 Å². The van der Waals surface area contributed by atoms with Crippen molar-refractivity contribution in [2.75, 3.05) is 0 Å². The van der Waals surface area contributed by atoms with Gasteiger partial charge >= 0.3 is 0 Å². The molecule has 0 aliphatic carbocycles. The fourth-order valence-corrected chi connectivity index (χ4v) is 1.42. The van der Waals surface area contributed by atoms with E-state index in [2.05, 4.69) is 5.10 Å². The van der Waals surface area contributed by atoms with Crippen molar-refractivity contribution < 1.29 is 13.6 Å². The summed E-state index contributed by atoms with van der Waals surface area (Å²) in [6.07, 6.45) is -1.43. The van der Waals surface area contributed by atoms with Gasteiger partial charge in [0.05, 0.1) is 5.69 Å². The van der Waals surface area contributed by atoms with E-state index in [1.807, 2.05) is 0 Å². The summed E-state index contributed by atoms with van der Waals surface area (Å²) >= 11 is 0. The van der Waals surface area contributed by atoms with Crippen LogP contribution in [0.1, 0.15) is 17.0 Å². The van der Waals surface area contributed by atoms with E-state index in [0.29, 0.717) is 11.4 Å². The van der Waals surface area contributed by atoms with Crippen molar-refractivity contribution in [2.24, 2.45) is 0 Å². The van der Waals surface area contributed by atoms with Gasteiger partial charge in [0.2, 0.25) is 0 Å². The molecule has 0 radical (unpaired) electrons. The van der Waals surface area contributed by atoms with Crippen LogP contribution >= 0.6 is 0 Å². The van der Waals surface area contributed by atoms with Crippen molar-refractivity contribution in [1.82, 2.24) is 9.78 Å². The number of aryl methyl sites for hydroxylation is 1. The minimum Gasteiger partial charge on any atom is -0.303 e. The normalized spacial score (nSPS) is 10.9. The van der Waals surface area contributed by atoms with Crippen molar-refractivity contribution in [3.05, 3.63) is 17.0 Å². The molecule has 0 N–H and O–H groups in total. The van der Waals surface area contributed by atoms with Crippen molar-refractivity contribution in [1.29, 1.82) is 0 Å². The molecule has 5 heteroatoms. The first kappa shape index (κ1) is 10.8. The Hall–Kier alpha value is -1.26. The van der Waals surface area contributed by atoms with Gasteiger partial charge in [-0.1, -0.05) is 0 Å². The second kappa shape index (κ2) is 4.30. The molecule has 0 bridgehead atoms. The molecule has 0 aliphatic heterocycles. The van der Waals surface area contributed by atoms with Gasteiger partial charge in [0.15, 0.2) is 0 Å². The number of carbonyl (C=O) groups excluding carboxylic acids is 1. The van der Waals surface area contributed by atoms with Crippen LogP contribution in [0.2, 0.25) is 0 Å². The van der Waals surface area contributed by atoms with E-state index in [9.17, 15) is 13.6 Å². The maximum Gasteiger partial charge on any atom is 0.257 e. The van der Waals surface area contributed by atoms with Crippen molar-refractivity contribution in [3.8, 4) is 0 Å². The van der Waals surface area contributed by atoms with Gasteiger partial charge in [0.25, 0.3) is 6.43 Å². The number of hydrogen-bond donors (Lipinski definition) is 0. The summed E-state index contributed by atoms with van der Waals surface area (Å²) in [7, 11) is 0. The summed E-state index contributed by atoms with van der Waals surface area (Å²) in [6.45, 7) is 3.00. The van der Waals surface area contributed by atoms with Gasteiger partial charge in [0, 0.05) is 17.7 Å². The van der Waals surface area contributed by atoms with Gasteiger partial charge < -0.3 is 4.79 Å². The first-order valence-corrected chi connectivity index (χ1v) is 4.31. The molecule has 3 nitrogen and oxygen atoms in total. The highest BCUT2D eigenvalue weighted by molar-refractivity contribution is 5.56. The largest absolute Gasteiger partial charge is 0.303 e. The molecule has 14 heavy (non-hydrogen) atoms. The zero-order valence-corrected chi connectivity index (χ0v) is 8.13. The molecule has 0 saturated heterocycles. The average molecular weight is 202 g/mol. The van der Waals surface area contributed by atoms with Crippen LogP contribution in [0.5, 0.6) is 0 Å². The summed E-state index contributed by atoms with van der Waals surface area (Å²) < 4.78 is 25.4. The van der Waals surface area contributed by atoms with Crippen LogP contribution < -0.4 is 0 Å². The number of halogens is 2. The quantitative estimate of drug-likeness (QED) is 0.693. The van der Waals surface area contributed by atoms with Gasteiger partial charge in [-0.25, -0.2) is 8.78 Å². The Morgan fingerprint density at radius 2 is 2.14 bits per heavy atom. The predicted molar refractivity (Wildman–Crippen MR) is 47.5 cm³/mol. The molecular weight excluding hydrogens is 190 g/mol. The lowest BCUT2D eigenvalue weighted by atomic mass is 10.1. The Balaban J connectivity index is 2.97. The molecule has 1 heterocycles. The Bertz CT molecular complexity index is 334. The van der Waals surface area contributed by atoms with E-state index < -0.39 is 13.0 Å². The number of alkyl halides is 2. The van der Waals surface area contributed by atoms with E-state index in [1.165, 1.54) is 4.68 Å². The van der Waals surface area contributed by atoms with E-state index >= 15 is 0 Å². The first-order valence-electron chi connectivity index (χ1n) is 4.31. The third-order valence-electron chi connectivity index (χ3n) is 2.13. The lowest BCUT2D eigenvalue weighted by Crippen LogP contribution is -2.10. The van der Waals surface area contributed by atoms with Crippen LogP contribution in [0.4, 0.5) is 8.78 Å². The zero-order valence-electron chi connectivity index (χ0n) is 8.13. The third-order valence-corrected chi connectivity index (χ3v) is 2.13. The van der Waals surface area contributed by atoms with Gasteiger partial charge in [-0.15, -0.1) is 0 Å². The number of carbonyl (C=O) groups is 1. The Labute approximate surface area is 80.7 Å². The average Bonchev–Trinajstić information content (AvgIpc) is 2.32. The van der Waals surface area contributed by atoms with Crippen molar-refractivity contribution >= 4 is 6.29 Å². The fraction of sp³-hybridized carbons (Fsp3) is 0.556. The number of hydrogen-bond acceptors (Lipinski definition) is 2. The van der Waals surface area contributed by atoms with E-state index in [0.717, 1.165) is 11.8 Å². The highest BCUT2D eigenvalue weighted by Crippen LogP contribution is 2.14. The SMILES string of the molecule is Cc1nn(CC(F)F)c(C)c1CC=O. The second-order valence-corrected chi connectivity index (χ2v) is 3.09. The summed E-state index contributed by atoms with van der Waals surface area (Å²) in [5.41, 5.74) is 2.05. The molecule has 0 fully saturated rings. The van der Waals surface area contributed by atoms with E-state index in [-0.39, 0.29) is 6.42 Å². The van der Waals surface area contributed by atoms with Crippen LogP contribution in [0, 0.1) is 13.8 Å². The number of aldehydes is 1. The molecule has 1 aromatic heterocycles. The highest BCUT2D eigenvalue weighted by atomic mass is 19.3. The molecule has 0 spiro atoms. The fourth-order valence-electron chi connectivity index (χ4n) is 1.42. The summed E-state index contributed by atoms with van der Waals surface area (Å²) in [5, 5.41) is 3.95. The molecule has 0 saturated carbocycles. The lowest BCUT2D eigenvalue weighted by Gasteiger charge is -2.02. The standard InChI is InChI=1S/C9H12F2N2O/c1-6-8(3-4-14)7(2)13(12-6)5-9(10)11/h4,9H,3,5H2,1-2H3. The predicted octanol–water partition coefficient (Wildman–Crippen LogP) is 1.51. The maximum atomic E-state index is 12.1. The van der Waals surface area contributed by atoms with E-state index in [1.54, 1.807) is 13.8 Å². The minimum absolute atomic E-state index is 0.237. The molecular formula is C9H12F2N2O. The van der Waals surface area contributed by atoms with Gasteiger partial charge in [-0.3, -0.25) is 4.68 Å². The van der Waals surface area contributed by atoms with Crippen molar-refractivity contribution in [3.63, 3.8) is 0 Å². The molecule has 1 rings (SSSR count). The Morgan fingerprint density at radius 3 is 2.64 bits per heavy atom. The van der Waals surface area contributed by atoms with Gasteiger partial charge in [-0.2, -0.15) is 5.10 Å². The molecule has 0 atom stereocenters. The van der Waals surface area contributed by atoms with Crippen molar-refractivity contribution in [2.45, 2.75) is 33.2 Å².